The second-order valence-corrected chi connectivity index (χ2v) is 10.8. The van der Waals surface area contributed by atoms with Crippen molar-refractivity contribution in [3.8, 4) is 0 Å². The number of aliphatic carboxylic acids is 1. The number of likely N-dealkylation sites (tertiary alicyclic amines) is 1. The number of thiophene rings is 1. The van der Waals surface area contributed by atoms with Gasteiger partial charge in [-0.3, -0.25) is 14.2 Å². The number of carboxylic acids is 1. The van der Waals surface area contributed by atoms with Gasteiger partial charge in [0.05, 0.1) is 11.1 Å². The highest BCUT2D eigenvalue weighted by atomic mass is 32.2. The summed E-state index contributed by atoms with van der Waals surface area (Å²) >= 11 is 2.88. The molecule has 1 fully saturated rings. The summed E-state index contributed by atoms with van der Waals surface area (Å²) in [7, 11) is 0. The van der Waals surface area contributed by atoms with Crippen LogP contribution in [0.4, 0.5) is 0 Å². The van der Waals surface area contributed by atoms with Gasteiger partial charge in [-0.05, 0) is 63.9 Å². The number of piperidine rings is 1. The maximum Gasteiger partial charge on any atom is 0.326 e. The molecule has 1 aliphatic heterocycles. The molecule has 4 rings (SSSR count). The number of rotatable bonds is 6. The van der Waals surface area contributed by atoms with Crippen LogP contribution in [0, 0.1) is 0 Å². The minimum absolute atomic E-state index is 0.0000778. The predicted molar refractivity (Wildman–Crippen MR) is 128 cm³/mol. The second-order valence-electron chi connectivity index (χ2n) is 8.80. The zero-order chi connectivity index (χ0) is 22.8. The largest absolute Gasteiger partial charge is 0.480 e. The Morgan fingerprint density at radius 1 is 1.22 bits per heavy atom. The van der Waals surface area contributed by atoms with Crippen molar-refractivity contribution in [3.63, 3.8) is 0 Å². The van der Waals surface area contributed by atoms with Gasteiger partial charge in [0.25, 0.3) is 5.56 Å². The first kappa shape index (κ1) is 23.3. The minimum Gasteiger partial charge on any atom is -0.480 e. The fourth-order valence-electron chi connectivity index (χ4n) is 4.74. The summed E-state index contributed by atoms with van der Waals surface area (Å²) in [6.07, 6.45) is 8.31. The van der Waals surface area contributed by atoms with E-state index < -0.39 is 12.0 Å². The number of fused-ring (bicyclic) bond motifs is 3. The SMILES string of the molecule is CC[C@H](C)n1c(SCC(=O)N2CCCC[C@H]2C(=O)O)nc2sc3c(c2c1=O)CCCCC3. The number of carbonyl (C=O) groups excluding carboxylic acids is 1. The van der Waals surface area contributed by atoms with Gasteiger partial charge in [-0.25, -0.2) is 9.78 Å². The monoisotopic (exact) mass is 477 g/mol. The van der Waals surface area contributed by atoms with E-state index in [0.29, 0.717) is 18.1 Å². The van der Waals surface area contributed by atoms with Crippen LogP contribution in [-0.2, 0) is 22.4 Å². The first-order valence-electron chi connectivity index (χ1n) is 11.6. The molecule has 3 heterocycles. The Labute approximate surface area is 196 Å². The highest BCUT2D eigenvalue weighted by molar-refractivity contribution is 7.99. The number of carbonyl (C=O) groups is 2. The Morgan fingerprint density at radius 3 is 2.75 bits per heavy atom. The van der Waals surface area contributed by atoms with Crippen molar-refractivity contribution in [1.82, 2.24) is 14.5 Å². The molecule has 0 spiro atoms. The molecular weight excluding hydrogens is 446 g/mol. The standard InChI is InChI=1S/C23H31N3O4S2/c1-3-14(2)26-21(28)19-15-9-5-4-6-11-17(15)32-20(19)24-23(26)31-13-18(27)25-12-8-7-10-16(25)22(29)30/h14,16H,3-13H2,1-2H3,(H,29,30)/t14-,16-/m0/s1. The maximum atomic E-state index is 13.6. The molecule has 1 aliphatic carbocycles. The molecule has 2 atom stereocenters. The van der Waals surface area contributed by atoms with E-state index in [1.807, 2.05) is 13.8 Å². The number of carboxylic acid groups (broad SMARTS) is 1. The van der Waals surface area contributed by atoms with E-state index in [0.717, 1.165) is 55.2 Å². The Morgan fingerprint density at radius 2 is 2.00 bits per heavy atom. The predicted octanol–water partition coefficient (Wildman–Crippen LogP) is 4.26. The second kappa shape index (κ2) is 9.95. The molecule has 2 aliphatic rings. The van der Waals surface area contributed by atoms with Crippen LogP contribution in [0.5, 0.6) is 0 Å². The maximum absolute atomic E-state index is 13.6. The molecule has 0 unspecified atom stereocenters. The van der Waals surface area contributed by atoms with Crippen LogP contribution in [0.15, 0.2) is 9.95 Å². The molecule has 1 amide bonds. The van der Waals surface area contributed by atoms with Gasteiger partial charge in [-0.1, -0.05) is 25.1 Å². The average Bonchev–Trinajstić information content (AvgIpc) is 2.98. The molecule has 174 valence electrons. The molecule has 0 bridgehead atoms. The summed E-state index contributed by atoms with van der Waals surface area (Å²) in [6.45, 7) is 4.52. The van der Waals surface area contributed by atoms with Crippen LogP contribution in [-0.4, -0.2) is 49.8 Å². The molecule has 32 heavy (non-hydrogen) atoms. The van der Waals surface area contributed by atoms with E-state index in [1.54, 1.807) is 15.9 Å². The van der Waals surface area contributed by atoms with Crippen molar-refractivity contribution in [2.24, 2.45) is 0 Å². The fourth-order valence-corrected chi connectivity index (χ4v) is 7.03. The van der Waals surface area contributed by atoms with E-state index in [1.165, 1.54) is 33.5 Å². The molecule has 9 heteroatoms. The van der Waals surface area contributed by atoms with Crippen molar-refractivity contribution >= 4 is 45.2 Å². The molecule has 2 aromatic rings. The lowest BCUT2D eigenvalue weighted by Crippen LogP contribution is -2.48. The Balaban J connectivity index is 1.66. The van der Waals surface area contributed by atoms with E-state index in [-0.39, 0.29) is 23.3 Å². The van der Waals surface area contributed by atoms with Crippen molar-refractivity contribution < 1.29 is 14.7 Å². The van der Waals surface area contributed by atoms with Gasteiger partial charge in [0, 0.05) is 17.5 Å². The number of hydrogen-bond acceptors (Lipinski definition) is 6. The highest BCUT2D eigenvalue weighted by Crippen LogP contribution is 2.35. The van der Waals surface area contributed by atoms with E-state index in [4.69, 9.17) is 4.98 Å². The summed E-state index contributed by atoms with van der Waals surface area (Å²) in [5, 5.41) is 10.8. The van der Waals surface area contributed by atoms with Gasteiger partial charge in [0.15, 0.2) is 5.16 Å². The molecular formula is C23H31N3O4S2. The number of thioether (sulfide) groups is 1. The van der Waals surface area contributed by atoms with Gasteiger partial charge in [-0.15, -0.1) is 11.3 Å². The van der Waals surface area contributed by atoms with Crippen molar-refractivity contribution in [2.45, 2.75) is 88.9 Å². The van der Waals surface area contributed by atoms with Crippen LogP contribution in [0.3, 0.4) is 0 Å². The highest BCUT2D eigenvalue weighted by Gasteiger charge is 2.32. The zero-order valence-electron chi connectivity index (χ0n) is 18.8. The van der Waals surface area contributed by atoms with Gasteiger partial charge in [-0.2, -0.15) is 0 Å². The third-order valence-corrected chi connectivity index (χ3v) is 8.83. The Bertz CT molecular complexity index is 1080. The third-order valence-electron chi connectivity index (χ3n) is 6.70. The van der Waals surface area contributed by atoms with Gasteiger partial charge in [0.2, 0.25) is 5.91 Å². The molecule has 0 saturated carbocycles. The average molecular weight is 478 g/mol. The number of hydrogen-bond donors (Lipinski definition) is 1. The summed E-state index contributed by atoms with van der Waals surface area (Å²) < 4.78 is 1.75. The number of amides is 1. The van der Waals surface area contributed by atoms with Crippen molar-refractivity contribution in [2.75, 3.05) is 12.3 Å². The van der Waals surface area contributed by atoms with Crippen LogP contribution < -0.4 is 5.56 Å². The summed E-state index contributed by atoms with van der Waals surface area (Å²) in [5.74, 6) is -1.06. The zero-order valence-corrected chi connectivity index (χ0v) is 20.4. The lowest BCUT2D eigenvalue weighted by Gasteiger charge is -2.32. The van der Waals surface area contributed by atoms with E-state index >= 15 is 0 Å². The molecule has 1 N–H and O–H groups in total. The molecule has 0 aromatic carbocycles. The van der Waals surface area contributed by atoms with Crippen LogP contribution in [0.25, 0.3) is 10.2 Å². The Kier molecular flexibility index (Phi) is 7.24. The molecule has 2 aromatic heterocycles. The van der Waals surface area contributed by atoms with E-state index in [9.17, 15) is 19.5 Å². The van der Waals surface area contributed by atoms with Crippen LogP contribution in [0.2, 0.25) is 0 Å². The molecule has 1 saturated heterocycles. The summed E-state index contributed by atoms with van der Waals surface area (Å²) in [5.41, 5.74) is 1.18. The third kappa shape index (κ3) is 4.46. The van der Waals surface area contributed by atoms with Gasteiger partial charge in [0.1, 0.15) is 10.9 Å². The minimum atomic E-state index is -0.945. The number of aryl methyl sites for hydroxylation is 2. The van der Waals surface area contributed by atoms with Crippen LogP contribution >= 0.6 is 23.1 Å². The number of nitrogens with zero attached hydrogens (tertiary/aromatic N) is 3. The number of aromatic nitrogens is 2. The first-order chi connectivity index (χ1) is 15.4. The van der Waals surface area contributed by atoms with Crippen LogP contribution in [0.1, 0.15) is 75.3 Å². The first-order valence-corrected chi connectivity index (χ1v) is 13.4. The summed E-state index contributed by atoms with van der Waals surface area (Å²) in [6, 6.07) is -0.780. The van der Waals surface area contributed by atoms with E-state index in [2.05, 4.69) is 0 Å². The van der Waals surface area contributed by atoms with Crippen molar-refractivity contribution in [1.29, 1.82) is 0 Å². The lowest BCUT2D eigenvalue weighted by atomic mass is 10.0. The summed E-state index contributed by atoms with van der Waals surface area (Å²) in [4.78, 5) is 46.5. The molecule has 0 radical (unpaired) electrons. The lowest BCUT2D eigenvalue weighted by molar-refractivity contribution is -0.150. The smallest absolute Gasteiger partial charge is 0.326 e. The van der Waals surface area contributed by atoms with Gasteiger partial charge < -0.3 is 10.0 Å². The normalized spacial score (nSPS) is 20.1. The Hall–Kier alpha value is -1.87. The fraction of sp³-hybridized carbons (Fsp3) is 0.652. The van der Waals surface area contributed by atoms with Crippen molar-refractivity contribution in [3.05, 3.63) is 20.8 Å². The topological polar surface area (TPSA) is 92.5 Å². The quantitative estimate of drug-likeness (QED) is 0.380. The molecule has 7 nitrogen and oxygen atoms in total. The van der Waals surface area contributed by atoms with Gasteiger partial charge >= 0.3 is 5.97 Å².